The first-order valence-corrected chi connectivity index (χ1v) is 8.54. The summed E-state index contributed by atoms with van der Waals surface area (Å²) in [5.74, 6) is 0.778. The van der Waals surface area contributed by atoms with Gasteiger partial charge in [0.15, 0.2) is 0 Å². The van der Waals surface area contributed by atoms with Crippen molar-refractivity contribution in [2.75, 3.05) is 6.54 Å². The van der Waals surface area contributed by atoms with E-state index < -0.39 is 0 Å². The van der Waals surface area contributed by atoms with Crippen LogP contribution in [0, 0.1) is 0 Å². The molecule has 1 aromatic heterocycles. The summed E-state index contributed by atoms with van der Waals surface area (Å²) < 4.78 is 1.96. The summed E-state index contributed by atoms with van der Waals surface area (Å²) in [7, 11) is 0. The number of hydrogen-bond acceptors (Lipinski definition) is 2. The van der Waals surface area contributed by atoms with Crippen molar-refractivity contribution in [3.63, 3.8) is 0 Å². The van der Waals surface area contributed by atoms with Crippen LogP contribution in [0.15, 0.2) is 48.5 Å². The highest BCUT2D eigenvalue weighted by Crippen LogP contribution is 2.25. The SMILES string of the molecule is CCCCNC(=O)Cn1c(-c2ccc(Cl)cc2)nc2ccccc21. The van der Waals surface area contributed by atoms with Crippen LogP contribution in [0.1, 0.15) is 19.8 Å². The molecule has 0 saturated heterocycles. The number of amides is 1. The van der Waals surface area contributed by atoms with E-state index in [1.54, 1.807) is 0 Å². The zero-order valence-electron chi connectivity index (χ0n) is 13.6. The van der Waals surface area contributed by atoms with E-state index in [0.717, 1.165) is 35.3 Å². The number of para-hydroxylation sites is 2. The number of nitrogens with one attached hydrogen (secondary N) is 1. The monoisotopic (exact) mass is 341 g/mol. The topological polar surface area (TPSA) is 46.9 Å². The van der Waals surface area contributed by atoms with Gasteiger partial charge in [-0.05, 0) is 42.8 Å². The second kappa shape index (κ2) is 7.49. The average Bonchev–Trinajstić information content (AvgIpc) is 2.94. The zero-order valence-corrected chi connectivity index (χ0v) is 14.4. The van der Waals surface area contributed by atoms with E-state index in [-0.39, 0.29) is 12.5 Å². The molecule has 124 valence electrons. The first-order valence-electron chi connectivity index (χ1n) is 8.17. The molecule has 1 heterocycles. The predicted molar refractivity (Wildman–Crippen MR) is 98.1 cm³/mol. The summed E-state index contributed by atoms with van der Waals surface area (Å²) >= 11 is 5.98. The minimum absolute atomic E-state index is 0.00168. The highest BCUT2D eigenvalue weighted by Gasteiger charge is 2.14. The van der Waals surface area contributed by atoms with Crippen LogP contribution in [-0.2, 0) is 11.3 Å². The molecule has 0 bridgehead atoms. The van der Waals surface area contributed by atoms with Crippen LogP contribution in [0.3, 0.4) is 0 Å². The van der Waals surface area contributed by atoms with E-state index in [0.29, 0.717) is 11.6 Å². The number of nitrogens with zero attached hydrogens (tertiary/aromatic N) is 2. The Balaban J connectivity index is 1.96. The van der Waals surface area contributed by atoms with E-state index in [2.05, 4.69) is 12.2 Å². The standard InChI is InChI=1S/C19H20ClN3O/c1-2-3-12-21-18(24)13-23-17-7-5-4-6-16(17)22-19(23)14-8-10-15(20)11-9-14/h4-11H,2-3,12-13H2,1H3,(H,21,24). The van der Waals surface area contributed by atoms with Gasteiger partial charge in [0.05, 0.1) is 11.0 Å². The molecule has 3 aromatic rings. The van der Waals surface area contributed by atoms with Gasteiger partial charge in [-0.25, -0.2) is 4.98 Å². The molecule has 1 N–H and O–H groups in total. The molecule has 3 rings (SSSR count). The molecular formula is C19H20ClN3O. The summed E-state index contributed by atoms with van der Waals surface area (Å²) in [6.45, 7) is 3.06. The average molecular weight is 342 g/mol. The molecule has 0 aliphatic heterocycles. The Morgan fingerprint density at radius 1 is 1.17 bits per heavy atom. The van der Waals surface area contributed by atoms with E-state index in [1.165, 1.54) is 0 Å². The van der Waals surface area contributed by atoms with Gasteiger partial charge >= 0.3 is 0 Å². The minimum Gasteiger partial charge on any atom is -0.355 e. The van der Waals surface area contributed by atoms with Gasteiger partial charge < -0.3 is 9.88 Å². The van der Waals surface area contributed by atoms with Crippen molar-refractivity contribution in [2.24, 2.45) is 0 Å². The van der Waals surface area contributed by atoms with Gasteiger partial charge in [-0.15, -0.1) is 0 Å². The van der Waals surface area contributed by atoms with Gasteiger partial charge in [0.1, 0.15) is 12.4 Å². The third-order valence-electron chi connectivity index (χ3n) is 3.91. The third kappa shape index (κ3) is 3.60. The second-order valence-corrected chi connectivity index (χ2v) is 6.16. The van der Waals surface area contributed by atoms with Crippen molar-refractivity contribution in [1.29, 1.82) is 0 Å². The number of rotatable bonds is 6. The Morgan fingerprint density at radius 3 is 2.67 bits per heavy atom. The number of fused-ring (bicyclic) bond motifs is 1. The molecule has 24 heavy (non-hydrogen) atoms. The normalized spacial score (nSPS) is 10.9. The number of carbonyl (C=O) groups excluding carboxylic acids is 1. The Labute approximate surface area is 146 Å². The van der Waals surface area contributed by atoms with Crippen LogP contribution in [-0.4, -0.2) is 22.0 Å². The van der Waals surface area contributed by atoms with E-state index in [4.69, 9.17) is 16.6 Å². The number of hydrogen-bond donors (Lipinski definition) is 1. The minimum atomic E-state index is 0.00168. The maximum atomic E-state index is 12.3. The molecule has 0 aliphatic carbocycles. The van der Waals surface area contributed by atoms with Crippen LogP contribution >= 0.6 is 11.6 Å². The predicted octanol–water partition coefficient (Wildman–Crippen LogP) is 4.27. The highest BCUT2D eigenvalue weighted by atomic mass is 35.5. The fraction of sp³-hybridized carbons (Fsp3) is 0.263. The maximum absolute atomic E-state index is 12.3. The van der Waals surface area contributed by atoms with Crippen LogP contribution in [0.5, 0.6) is 0 Å². The van der Waals surface area contributed by atoms with Gasteiger partial charge in [0.2, 0.25) is 5.91 Å². The molecular weight excluding hydrogens is 322 g/mol. The Hall–Kier alpha value is -2.33. The van der Waals surface area contributed by atoms with Crippen LogP contribution in [0.4, 0.5) is 0 Å². The quantitative estimate of drug-likeness (QED) is 0.680. The first kappa shape index (κ1) is 16.5. The summed E-state index contributed by atoms with van der Waals surface area (Å²) in [5.41, 5.74) is 2.77. The van der Waals surface area contributed by atoms with Crippen molar-refractivity contribution in [1.82, 2.24) is 14.9 Å². The fourth-order valence-electron chi connectivity index (χ4n) is 2.66. The Bertz CT molecular complexity index is 839. The molecule has 4 nitrogen and oxygen atoms in total. The second-order valence-electron chi connectivity index (χ2n) is 5.72. The van der Waals surface area contributed by atoms with Crippen molar-refractivity contribution in [3.8, 4) is 11.4 Å². The van der Waals surface area contributed by atoms with Gasteiger partial charge in [0, 0.05) is 17.1 Å². The van der Waals surface area contributed by atoms with Crippen molar-refractivity contribution >= 4 is 28.5 Å². The Kier molecular flexibility index (Phi) is 5.16. The number of carbonyl (C=O) groups is 1. The van der Waals surface area contributed by atoms with Crippen molar-refractivity contribution in [2.45, 2.75) is 26.3 Å². The van der Waals surface area contributed by atoms with E-state index >= 15 is 0 Å². The molecule has 5 heteroatoms. The number of benzene rings is 2. The van der Waals surface area contributed by atoms with Crippen LogP contribution in [0.25, 0.3) is 22.4 Å². The molecule has 0 saturated carbocycles. The zero-order chi connectivity index (χ0) is 16.9. The first-order chi connectivity index (χ1) is 11.7. The molecule has 0 unspecified atom stereocenters. The lowest BCUT2D eigenvalue weighted by Gasteiger charge is -2.10. The molecule has 0 radical (unpaired) electrons. The number of aromatic nitrogens is 2. The van der Waals surface area contributed by atoms with Gasteiger partial charge in [0.25, 0.3) is 0 Å². The van der Waals surface area contributed by atoms with Gasteiger partial charge in [-0.1, -0.05) is 37.1 Å². The van der Waals surface area contributed by atoms with Crippen LogP contribution in [0.2, 0.25) is 5.02 Å². The number of halogens is 1. The molecule has 2 aromatic carbocycles. The van der Waals surface area contributed by atoms with Gasteiger partial charge in [-0.3, -0.25) is 4.79 Å². The van der Waals surface area contributed by atoms with E-state index in [9.17, 15) is 4.79 Å². The summed E-state index contributed by atoms with van der Waals surface area (Å²) in [4.78, 5) is 17.0. The maximum Gasteiger partial charge on any atom is 0.240 e. The smallest absolute Gasteiger partial charge is 0.240 e. The molecule has 0 fully saturated rings. The van der Waals surface area contributed by atoms with Crippen molar-refractivity contribution in [3.05, 3.63) is 53.6 Å². The highest BCUT2D eigenvalue weighted by molar-refractivity contribution is 6.30. The number of unbranched alkanes of at least 4 members (excludes halogenated alkanes) is 1. The van der Waals surface area contributed by atoms with E-state index in [1.807, 2.05) is 53.1 Å². The Morgan fingerprint density at radius 2 is 1.92 bits per heavy atom. The summed E-state index contributed by atoms with van der Waals surface area (Å²) in [6.07, 6.45) is 2.05. The fourth-order valence-corrected chi connectivity index (χ4v) is 2.78. The molecule has 0 aliphatic rings. The number of imidazole rings is 1. The molecule has 0 atom stereocenters. The lowest BCUT2D eigenvalue weighted by atomic mass is 10.2. The van der Waals surface area contributed by atoms with Crippen LogP contribution < -0.4 is 5.32 Å². The largest absolute Gasteiger partial charge is 0.355 e. The third-order valence-corrected chi connectivity index (χ3v) is 4.16. The molecule has 0 spiro atoms. The lowest BCUT2D eigenvalue weighted by molar-refractivity contribution is -0.121. The summed E-state index contributed by atoms with van der Waals surface area (Å²) in [6, 6.07) is 15.4. The summed E-state index contributed by atoms with van der Waals surface area (Å²) in [5, 5.41) is 3.65. The van der Waals surface area contributed by atoms with Crippen molar-refractivity contribution < 1.29 is 4.79 Å². The molecule has 1 amide bonds. The lowest BCUT2D eigenvalue weighted by Crippen LogP contribution is -2.28. The van der Waals surface area contributed by atoms with Gasteiger partial charge in [-0.2, -0.15) is 0 Å².